The van der Waals surface area contributed by atoms with E-state index in [1.165, 1.54) is 12.1 Å². The van der Waals surface area contributed by atoms with Crippen molar-refractivity contribution in [3.63, 3.8) is 0 Å². The van der Waals surface area contributed by atoms with E-state index in [0.717, 1.165) is 0 Å². The Morgan fingerprint density at radius 3 is 2.57 bits per heavy atom. The Bertz CT molecular complexity index is 584. The summed E-state index contributed by atoms with van der Waals surface area (Å²) < 4.78 is 31.9. The van der Waals surface area contributed by atoms with Crippen LogP contribution in [0.3, 0.4) is 0 Å². The Morgan fingerprint density at radius 1 is 1.33 bits per heavy atom. The maximum atomic E-state index is 12.1. The Kier molecular flexibility index (Phi) is 7.40. The van der Waals surface area contributed by atoms with Gasteiger partial charge < -0.3 is 9.84 Å². The van der Waals surface area contributed by atoms with Crippen molar-refractivity contribution in [1.82, 2.24) is 4.72 Å². The van der Waals surface area contributed by atoms with E-state index < -0.39 is 10.0 Å². The van der Waals surface area contributed by atoms with Gasteiger partial charge >= 0.3 is 0 Å². The van der Waals surface area contributed by atoms with Crippen LogP contribution in [0, 0.1) is 11.8 Å². The third-order valence-corrected chi connectivity index (χ3v) is 4.09. The smallest absolute Gasteiger partial charge is 0.240 e. The van der Waals surface area contributed by atoms with Crippen LogP contribution in [0.15, 0.2) is 29.2 Å². The van der Waals surface area contributed by atoms with Crippen molar-refractivity contribution >= 4 is 10.0 Å². The van der Waals surface area contributed by atoms with E-state index in [2.05, 4.69) is 16.6 Å². The summed E-state index contributed by atoms with van der Waals surface area (Å²) in [4.78, 5) is 0.193. The summed E-state index contributed by atoms with van der Waals surface area (Å²) in [7, 11) is -3.53. The van der Waals surface area contributed by atoms with Crippen molar-refractivity contribution < 1.29 is 18.3 Å². The molecule has 1 atom stereocenters. The molecule has 116 valence electrons. The second kappa shape index (κ2) is 8.80. The van der Waals surface area contributed by atoms with Crippen LogP contribution in [-0.2, 0) is 14.8 Å². The van der Waals surface area contributed by atoms with Crippen molar-refractivity contribution in [2.24, 2.45) is 0 Å². The molecule has 0 aliphatic heterocycles. The molecular formula is C15H21NO4S. The molecule has 0 saturated carbocycles. The number of ether oxygens (including phenoxy) is 1. The second-order valence-corrected chi connectivity index (χ2v) is 6.18. The van der Waals surface area contributed by atoms with Crippen LogP contribution in [0.2, 0.25) is 0 Å². The maximum absolute atomic E-state index is 12.1. The molecule has 0 heterocycles. The predicted octanol–water partition coefficient (Wildman–Crippen LogP) is 1.12. The molecule has 0 aliphatic carbocycles. The molecule has 6 heteroatoms. The minimum absolute atomic E-state index is 0.0153. The van der Waals surface area contributed by atoms with Gasteiger partial charge in [-0.1, -0.05) is 11.8 Å². The van der Waals surface area contributed by atoms with Gasteiger partial charge in [0.15, 0.2) is 0 Å². The zero-order valence-corrected chi connectivity index (χ0v) is 13.1. The summed E-state index contributed by atoms with van der Waals surface area (Å²) >= 11 is 0. The van der Waals surface area contributed by atoms with Gasteiger partial charge in [-0.05, 0) is 38.1 Å². The van der Waals surface area contributed by atoms with Crippen LogP contribution < -0.4 is 4.72 Å². The molecule has 0 amide bonds. The van der Waals surface area contributed by atoms with E-state index in [9.17, 15) is 8.42 Å². The van der Waals surface area contributed by atoms with E-state index in [1.54, 1.807) is 12.1 Å². The van der Waals surface area contributed by atoms with Crippen LogP contribution in [0.4, 0.5) is 0 Å². The van der Waals surface area contributed by atoms with Crippen molar-refractivity contribution in [2.75, 3.05) is 19.8 Å². The van der Waals surface area contributed by atoms with E-state index in [1.807, 2.05) is 13.8 Å². The maximum Gasteiger partial charge on any atom is 0.240 e. The number of hydrogen-bond donors (Lipinski definition) is 2. The van der Waals surface area contributed by atoms with Gasteiger partial charge in [0.2, 0.25) is 10.0 Å². The molecule has 0 aromatic heterocycles. The lowest BCUT2D eigenvalue weighted by molar-refractivity contribution is 0.0799. The second-order valence-electron chi connectivity index (χ2n) is 4.42. The first-order valence-corrected chi connectivity index (χ1v) is 8.29. The van der Waals surface area contributed by atoms with Gasteiger partial charge in [-0.2, -0.15) is 0 Å². The molecule has 2 N–H and O–H groups in total. The third-order valence-electron chi connectivity index (χ3n) is 2.65. The average molecular weight is 311 g/mol. The SMILES string of the molecule is CCOC(C)CNS(=O)(=O)c1ccc(C#CCCO)cc1. The number of aliphatic hydroxyl groups excluding tert-OH is 1. The van der Waals surface area contributed by atoms with Gasteiger partial charge in [0.05, 0.1) is 17.6 Å². The lowest BCUT2D eigenvalue weighted by Crippen LogP contribution is -2.32. The van der Waals surface area contributed by atoms with E-state index in [-0.39, 0.29) is 24.2 Å². The first-order valence-electron chi connectivity index (χ1n) is 6.80. The van der Waals surface area contributed by atoms with Gasteiger partial charge in [0.1, 0.15) is 0 Å². The lowest BCUT2D eigenvalue weighted by Gasteiger charge is -2.12. The largest absolute Gasteiger partial charge is 0.395 e. The summed E-state index contributed by atoms with van der Waals surface area (Å²) in [5.41, 5.74) is 0.713. The average Bonchev–Trinajstić information content (AvgIpc) is 2.46. The lowest BCUT2D eigenvalue weighted by atomic mass is 10.2. The first kappa shape index (κ1) is 17.7. The van der Waals surface area contributed by atoms with Crippen molar-refractivity contribution in [2.45, 2.75) is 31.3 Å². The van der Waals surface area contributed by atoms with Crippen LogP contribution in [0.1, 0.15) is 25.8 Å². The molecule has 1 aromatic carbocycles. The van der Waals surface area contributed by atoms with Gasteiger partial charge in [-0.3, -0.25) is 0 Å². The van der Waals surface area contributed by atoms with Crippen LogP contribution in [-0.4, -0.2) is 39.4 Å². The number of benzene rings is 1. The highest BCUT2D eigenvalue weighted by molar-refractivity contribution is 7.89. The monoisotopic (exact) mass is 311 g/mol. The van der Waals surface area contributed by atoms with Crippen molar-refractivity contribution in [3.8, 4) is 11.8 Å². The minimum Gasteiger partial charge on any atom is -0.395 e. The highest BCUT2D eigenvalue weighted by Crippen LogP contribution is 2.10. The van der Waals surface area contributed by atoms with E-state index >= 15 is 0 Å². The minimum atomic E-state index is -3.53. The van der Waals surface area contributed by atoms with Crippen LogP contribution in [0.5, 0.6) is 0 Å². The molecule has 1 aromatic rings. The van der Waals surface area contributed by atoms with Gasteiger partial charge in [0, 0.05) is 25.1 Å². The quantitative estimate of drug-likeness (QED) is 0.740. The van der Waals surface area contributed by atoms with Crippen molar-refractivity contribution in [3.05, 3.63) is 29.8 Å². The van der Waals surface area contributed by atoms with E-state index in [4.69, 9.17) is 9.84 Å². The highest BCUT2D eigenvalue weighted by Gasteiger charge is 2.14. The van der Waals surface area contributed by atoms with Crippen molar-refractivity contribution in [1.29, 1.82) is 0 Å². The Hall–Kier alpha value is -1.39. The molecule has 1 rings (SSSR count). The molecule has 0 radical (unpaired) electrons. The summed E-state index contributed by atoms with van der Waals surface area (Å²) in [6, 6.07) is 6.31. The third kappa shape index (κ3) is 6.27. The summed E-state index contributed by atoms with van der Waals surface area (Å²) in [6.07, 6.45) is 0.227. The molecule has 21 heavy (non-hydrogen) atoms. The normalized spacial score (nSPS) is 12.5. The molecule has 0 fully saturated rings. The first-order chi connectivity index (χ1) is 9.99. The molecule has 0 spiro atoms. The van der Waals surface area contributed by atoms with Gasteiger partial charge in [-0.15, -0.1) is 0 Å². The predicted molar refractivity (Wildman–Crippen MR) is 81.3 cm³/mol. The zero-order valence-electron chi connectivity index (χ0n) is 12.3. The number of aliphatic hydroxyl groups is 1. The fourth-order valence-electron chi connectivity index (χ4n) is 1.59. The fourth-order valence-corrected chi connectivity index (χ4v) is 2.71. The molecule has 0 saturated heterocycles. The highest BCUT2D eigenvalue weighted by atomic mass is 32.2. The number of sulfonamides is 1. The van der Waals surface area contributed by atoms with E-state index in [0.29, 0.717) is 18.6 Å². The molecule has 0 bridgehead atoms. The molecular weight excluding hydrogens is 290 g/mol. The molecule has 1 unspecified atom stereocenters. The number of hydrogen-bond acceptors (Lipinski definition) is 4. The number of nitrogens with one attached hydrogen (secondary N) is 1. The zero-order chi connectivity index (χ0) is 15.7. The Morgan fingerprint density at radius 2 is 2.00 bits per heavy atom. The summed E-state index contributed by atoms with van der Waals surface area (Å²) in [5, 5.41) is 8.64. The topological polar surface area (TPSA) is 75.6 Å². The number of rotatable bonds is 7. The standard InChI is InChI=1S/C15H21NO4S/c1-3-20-13(2)12-16-21(18,19)15-9-7-14(8-10-15)6-4-5-11-17/h7-10,13,16-17H,3,5,11-12H2,1-2H3. The summed E-state index contributed by atoms with van der Waals surface area (Å²) in [6.45, 7) is 4.47. The Labute approximate surface area is 126 Å². The van der Waals surface area contributed by atoms with Gasteiger partial charge in [0.25, 0.3) is 0 Å². The molecule has 5 nitrogen and oxygen atoms in total. The van der Waals surface area contributed by atoms with Crippen LogP contribution in [0.25, 0.3) is 0 Å². The summed E-state index contributed by atoms with van der Waals surface area (Å²) in [5.74, 6) is 5.63. The fraction of sp³-hybridized carbons (Fsp3) is 0.467. The van der Waals surface area contributed by atoms with Gasteiger partial charge in [-0.25, -0.2) is 13.1 Å². The Balaban J connectivity index is 2.70. The molecule has 0 aliphatic rings. The van der Waals surface area contributed by atoms with Crippen LogP contribution >= 0.6 is 0 Å².